The highest BCUT2D eigenvalue weighted by Crippen LogP contribution is 2.34. The van der Waals surface area contributed by atoms with Gasteiger partial charge in [0.1, 0.15) is 18.9 Å². The number of hydrogen-bond acceptors (Lipinski definition) is 6. The van der Waals surface area contributed by atoms with Crippen LogP contribution < -0.4 is 25.4 Å². The maximum atomic E-state index is 13.7. The molecule has 1 atom stereocenters. The first-order chi connectivity index (χ1) is 22.5. The topological polar surface area (TPSA) is 122 Å². The zero-order valence-electron chi connectivity index (χ0n) is 25.0. The van der Waals surface area contributed by atoms with Crippen molar-refractivity contribution < 1.29 is 23.9 Å². The molecule has 0 fully saturated rings. The molecule has 1 unspecified atom stereocenters. The lowest BCUT2D eigenvalue weighted by Gasteiger charge is -2.20. The summed E-state index contributed by atoms with van der Waals surface area (Å²) in [5, 5.41) is 9.21. The molecule has 3 amide bonds. The lowest BCUT2D eigenvalue weighted by atomic mass is 10.1. The smallest absolute Gasteiger partial charge is 0.272 e. The molecule has 1 aliphatic rings. The number of anilines is 2. The van der Waals surface area contributed by atoms with E-state index in [9.17, 15) is 14.4 Å². The number of fused-ring (bicyclic) bond motifs is 2. The molecule has 0 spiro atoms. The maximum absolute atomic E-state index is 13.7. The average molecular weight is 633 g/mol. The Morgan fingerprint density at radius 1 is 0.848 bits per heavy atom. The molecule has 0 saturated carbocycles. The zero-order valence-corrected chi connectivity index (χ0v) is 25.9. The largest absolute Gasteiger partial charge is 0.486 e. The quantitative estimate of drug-likeness (QED) is 0.0986. The molecular weight excluding hydrogens is 600 g/mol. The standard InChI is InChI=1S/C36H32N4O5S/c1-2-33(36(43)39-26-15-16-31-32(21-26)45-18-17-44-31)46-27-12-8-11-25(20-27)38-35(42)30(40-34(41)23-9-4-3-5-10-23)19-24-22-37-29-14-7-6-13-28(24)29/h3-16,19-22,33,37H,2,17-18H2,1H3,(H,38,42)(H,39,43)(H,40,41)/b30-19-. The Kier molecular flexibility index (Phi) is 9.35. The number of amides is 3. The number of H-pyrrole nitrogens is 1. The monoisotopic (exact) mass is 632 g/mol. The van der Waals surface area contributed by atoms with Crippen LogP contribution in [0.4, 0.5) is 11.4 Å². The molecule has 2 heterocycles. The van der Waals surface area contributed by atoms with Crippen LogP contribution in [0.25, 0.3) is 17.0 Å². The van der Waals surface area contributed by atoms with Gasteiger partial charge in [0.25, 0.3) is 11.8 Å². The van der Waals surface area contributed by atoms with Gasteiger partial charge in [-0.05, 0) is 61.0 Å². The van der Waals surface area contributed by atoms with Gasteiger partial charge in [0.2, 0.25) is 5.91 Å². The lowest BCUT2D eigenvalue weighted by molar-refractivity contribution is -0.116. The molecule has 10 heteroatoms. The first-order valence-electron chi connectivity index (χ1n) is 14.9. The van der Waals surface area contributed by atoms with Crippen molar-refractivity contribution in [2.24, 2.45) is 0 Å². The van der Waals surface area contributed by atoms with Crippen LogP contribution >= 0.6 is 11.8 Å². The summed E-state index contributed by atoms with van der Waals surface area (Å²) in [5.74, 6) is 0.224. The van der Waals surface area contributed by atoms with Crippen molar-refractivity contribution in [3.8, 4) is 11.5 Å². The predicted molar refractivity (Wildman–Crippen MR) is 181 cm³/mol. The molecule has 46 heavy (non-hydrogen) atoms. The number of para-hydroxylation sites is 1. The number of nitrogens with one attached hydrogen (secondary N) is 4. The zero-order chi connectivity index (χ0) is 31.9. The number of rotatable bonds is 10. The van der Waals surface area contributed by atoms with Crippen LogP contribution in [0.5, 0.6) is 11.5 Å². The third kappa shape index (κ3) is 7.24. The molecule has 1 aliphatic heterocycles. The van der Waals surface area contributed by atoms with Gasteiger partial charge in [-0.2, -0.15) is 0 Å². The Bertz CT molecular complexity index is 1920. The van der Waals surface area contributed by atoms with Gasteiger partial charge in [0, 0.05) is 50.6 Å². The highest BCUT2D eigenvalue weighted by molar-refractivity contribution is 8.00. The SMILES string of the molecule is CCC(Sc1cccc(NC(=O)/C(=C/c2c[nH]c3ccccc23)NC(=O)c2ccccc2)c1)C(=O)Nc1ccc2c(c1)OCCO2. The maximum Gasteiger partial charge on any atom is 0.272 e. The summed E-state index contributed by atoms with van der Waals surface area (Å²) in [6.45, 7) is 2.91. The normalized spacial score (nSPS) is 13.1. The van der Waals surface area contributed by atoms with Crippen LogP contribution in [0.15, 0.2) is 114 Å². The van der Waals surface area contributed by atoms with Crippen LogP contribution in [0.3, 0.4) is 0 Å². The van der Waals surface area contributed by atoms with Crippen molar-refractivity contribution in [1.29, 1.82) is 0 Å². The number of thioether (sulfide) groups is 1. The van der Waals surface area contributed by atoms with Crippen molar-refractivity contribution in [2.45, 2.75) is 23.5 Å². The second kappa shape index (κ2) is 14.1. The van der Waals surface area contributed by atoms with Crippen molar-refractivity contribution in [3.05, 3.63) is 120 Å². The highest BCUT2D eigenvalue weighted by atomic mass is 32.2. The van der Waals surface area contributed by atoms with Crippen LogP contribution in [0, 0.1) is 0 Å². The number of carbonyl (C=O) groups is 3. The minimum absolute atomic E-state index is 0.0851. The molecule has 0 saturated heterocycles. The molecule has 1 aromatic heterocycles. The van der Waals surface area contributed by atoms with Crippen molar-refractivity contribution in [1.82, 2.24) is 10.3 Å². The molecule has 4 aromatic carbocycles. The fourth-order valence-corrected chi connectivity index (χ4v) is 6.00. The third-order valence-corrected chi connectivity index (χ3v) is 8.65. The van der Waals surface area contributed by atoms with E-state index < -0.39 is 11.8 Å². The fourth-order valence-electron chi connectivity index (χ4n) is 4.99. The van der Waals surface area contributed by atoms with Gasteiger partial charge in [0.05, 0.1) is 5.25 Å². The minimum atomic E-state index is -0.486. The van der Waals surface area contributed by atoms with Gasteiger partial charge < -0.3 is 30.4 Å². The summed E-state index contributed by atoms with van der Waals surface area (Å²) < 4.78 is 11.2. The second-order valence-electron chi connectivity index (χ2n) is 10.5. The summed E-state index contributed by atoms with van der Waals surface area (Å²) in [7, 11) is 0. The van der Waals surface area contributed by atoms with E-state index >= 15 is 0 Å². The number of carbonyl (C=O) groups excluding carboxylic acids is 3. The number of benzene rings is 4. The molecule has 9 nitrogen and oxygen atoms in total. The number of ether oxygens (including phenoxy) is 2. The van der Waals surface area contributed by atoms with Gasteiger partial charge in [-0.1, -0.05) is 49.4 Å². The summed E-state index contributed by atoms with van der Waals surface area (Å²) in [6, 6.07) is 29.1. The third-order valence-electron chi connectivity index (χ3n) is 7.29. The van der Waals surface area contributed by atoms with Gasteiger partial charge >= 0.3 is 0 Å². The average Bonchev–Trinajstić information content (AvgIpc) is 3.50. The molecule has 0 radical (unpaired) electrons. The van der Waals surface area contributed by atoms with Crippen molar-refractivity contribution in [2.75, 3.05) is 23.8 Å². The lowest BCUT2D eigenvalue weighted by Crippen LogP contribution is -2.30. The Balaban J connectivity index is 1.18. The van der Waals surface area contributed by atoms with Crippen LogP contribution in [-0.2, 0) is 9.59 Å². The predicted octanol–water partition coefficient (Wildman–Crippen LogP) is 6.86. The first-order valence-corrected chi connectivity index (χ1v) is 15.8. The van der Waals surface area contributed by atoms with Gasteiger partial charge in [-0.15, -0.1) is 11.8 Å². The van der Waals surface area contributed by atoms with Gasteiger partial charge in [-0.3, -0.25) is 14.4 Å². The molecular formula is C36H32N4O5S. The fraction of sp³-hybridized carbons (Fsp3) is 0.139. The summed E-state index contributed by atoms with van der Waals surface area (Å²) >= 11 is 1.40. The number of hydrogen-bond donors (Lipinski definition) is 4. The molecule has 232 valence electrons. The van der Waals surface area contributed by atoms with E-state index in [4.69, 9.17) is 9.47 Å². The van der Waals surface area contributed by atoms with Crippen molar-refractivity contribution in [3.63, 3.8) is 0 Å². The van der Waals surface area contributed by atoms with E-state index in [1.165, 1.54) is 11.8 Å². The van der Waals surface area contributed by atoms with E-state index in [1.807, 2.05) is 55.5 Å². The highest BCUT2D eigenvalue weighted by Gasteiger charge is 2.21. The Morgan fingerprint density at radius 3 is 2.43 bits per heavy atom. The van der Waals surface area contributed by atoms with Gasteiger partial charge in [0.15, 0.2) is 11.5 Å². The van der Waals surface area contributed by atoms with Gasteiger partial charge in [-0.25, -0.2) is 0 Å². The van der Waals surface area contributed by atoms with E-state index in [-0.39, 0.29) is 16.9 Å². The Labute approximate surface area is 270 Å². The molecule has 4 N–H and O–H groups in total. The first kappa shape index (κ1) is 30.5. The molecule has 0 bridgehead atoms. The summed E-state index contributed by atoms with van der Waals surface area (Å²) in [5.41, 5.74) is 3.34. The molecule has 5 aromatic rings. The summed E-state index contributed by atoms with van der Waals surface area (Å²) in [6.07, 6.45) is 4.04. The Hall–Kier alpha value is -5.48. The van der Waals surface area contributed by atoms with Crippen LogP contribution in [0.1, 0.15) is 29.3 Å². The van der Waals surface area contributed by atoms with E-state index in [0.29, 0.717) is 48.1 Å². The minimum Gasteiger partial charge on any atom is -0.486 e. The number of aromatic nitrogens is 1. The van der Waals surface area contributed by atoms with Crippen LogP contribution in [-0.4, -0.2) is 41.2 Å². The van der Waals surface area contributed by atoms with Crippen LogP contribution in [0.2, 0.25) is 0 Å². The Morgan fingerprint density at radius 2 is 1.61 bits per heavy atom. The molecule has 0 aliphatic carbocycles. The molecule has 6 rings (SSSR count). The van der Waals surface area contributed by atoms with E-state index in [1.54, 1.807) is 60.8 Å². The second-order valence-corrected chi connectivity index (χ2v) is 11.8. The van der Waals surface area contributed by atoms with E-state index in [2.05, 4.69) is 20.9 Å². The summed E-state index contributed by atoms with van der Waals surface area (Å²) in [4.78, 5) is 43.9. The number of aromatic amines is 1. The van der Waals surface area contributed by atoms with E-state index in [0.717, 1.165) is 21.4 Å². The van der Waals surface area contributed by atoms with Crippen molar-refractivity contribution >= 4 is 57.8 Å².